The molecule has 1 unspecified atom stereocenters. The van der Waals surface area contributed by atoms with Crippen molar-refractivity contribution in [2.45, 2.75) is 117 Å². The summed E-state index contributed by atoms with van der Waals surface area (Å²) in [5, 5.41) is 2.81. The van der Waals surface area contributed by atoms with Gasteiger partial charge in [0.05, 0.1) is 6.61 Å². The van der Waals surface area contributed by atoms with Crippen LogP contribution < -0.4 is 5.32 Å². The summed E-state index contributed by atoms with van der Waals surface area (Å²) in [5.74, 6) is 1.49. The molecule has 2 fully saturated rings. The first-order valence-electron chi connectivity index (χ1n) is 14.5. The number of alkyl carbamates (subject to hydrolysis) is 1. The minimum Gasteiger partial charge on any atom is -0.450 e. The summed E-state index contributed by atoms with van der Waals surface area (Å²) in [6, 6.07) is 7.99. The van der Waals surface area contributed by atoms with Gasteiger partial charge in [0.25, 0.3) is 0 Å². The molecule has 36 heavy (non-hydrogen) atoms. The number of ether oxygens (including phenoxy) is 2. The zero-order chi connectivity index (χ0) is 25.6. The van der Waals surface area contributed by atoms with E-state index < -0.39 is 6.09 Å². The molecule has 0 aliphatic heterocycles. The largest absolute Gasteiger partial charge is 0.450 e. The van der Waals surface area contributed by atoms with Crippen molar-refractivity contribution in [1.82, 2.24) is 10.2 Å². The smallest absolute Gasteiger partial charge is 0.410 e. The van der Waals surface area contributed by atoms with Gasteiger partial charge in [0.15, 0.2) is 0 Å². The van der Waals surface area contributed by atoms with Crippen LogP contribution in [0.3, 0.4) is 0 Å². The first kappa shape index (κ1) is 28.3. The first-order valence-corrected chi connectivity index (χ1v) is 14.5. The number of amides is 2. The molecule has 0 aromatic heterocycles. The zero-order valence-corrected chi connectivity index (χ0v) is 22.6. The number of nitrogens with one attached hydrogen (secondary N) is 1. The molecule has 1 N–H and O–H groups in total. The maximum atomic E-state index is 13.4. The predicted octanol–water partition coefficient (Wildman–Crippen LogP) is 7.59. The van der Waals surface area contributed by atoms with Crippen molar-refractivity contribution >= 4 is 12.2 Å². The van der Waals surface area contributed by atoms with Crippen molar-refractivity contribution in [3.63, 3.8) is 0 Å². The summed E-state index contributed by atoms with van der Waals surface area (Å²) in [5.41, 5.74) is 2.02. The molecular weight excluding hydrogens is 452 g/mol. The predicted molar refractivity (Wildman–Crippen MR) is 144 cm³/mol. The van der Waals surface area contributed by atoms with Crippen LogP contribution in [-0.4, -0.2) is 36.3 Å². The van der Waals surface area contributed by atoms with Crippen molar-refractivity contribution in [3.05, 3.63) is 35.4 Å². The number of carbonyl (C=O) groups is 2. The van der Waals surface area contributed by atoms with Gasteiger partial charge >= 0.3 is 12.2 Å². The monoisotopic (exact) mass is 500 g/mol. The van der Waals surface area contributed by atoms with E-state index in [0.717, 1.165) is 36.3 Å². The highest BCUT2D eigenvalue weighted by Crippen LogP contribution is 2.29. The van der Waals surface area contributed by atoms with E-state index in [4.69, 9.17) is 9.47 Å². The third kappa shape index (κ3) is 10.0. The van der Waals surface area contributed by atoms with Crippen LogP contribution in [0.15, 0.2) is 24.3 Å². The van der Waals surface area contributed by atoms with Gasteiger partial charge in [0, 0.05) is 19.6 Å². The van der Waals surface area contributed by atoms with Crippen molar-refractivity contribution in [2.75, 3.05) is 13.2 Å². The summed E-state index contributed by atoms with van der Waals surface area (Å²) in [6.07, 6.45) is 15.6. The lowest BCUT2D eigenvalue weighted by Crippen LogP contribution is -2.35. The molecule has 0 saturated heterocycles. The molecule has 0 radical (unpaired) electrons. The normalized spacial score (nSPS) is 17.8. The Kier molecular flexibility index (Phi) is 12.4. The van der Waals surface area contributed by atoms with Crippen molar-refractivity contribution in [3.8, 4) is 0 Å². The lowest BCUT2D eigenvalue weighted by molar-refractivity contribution is 0.0585. The highest BCUT2D eigenvalue weighted by Gasteiger charge is 2.23. The molecule has 1 atom stereocenters. The number of hydrogen-bond acceptors (Lipinski definition) is 4. The fraction of sp³-hybridized carbons (Fsp3) is 0.733. The number of nitrogens with zero attached hydrogens (tertiary/aromatic N) is 1. The van der Waals surface area contributed by atoms with Crippen LogP contribution in [0.4, 0.5) is 9.59 Å². The summed E-state index contributed by atoms with van der Waals surface area (Å²) < 4.78 is 11.0. The van der Waals surface area contributed by atoms with Gasteiger partial charge in [0.1, 0.15) is 6.10 Å². The van der Waals surface area contributed by atoms with Gasteiger partial charge in [-0.15, -0.1) is 0 Å². The van der Waals surface area contributed by atoms with Gasteiger partial charge in [-0.05, 0) is 56.1 Å². The topological polar surface area (TPSA) is 67.9 Å². The second-order valence-electron chi connectivity index (χ2n) is 10.8. The summed E-state index contributed by atoms with van der Waals surface area (Å²) in [4.78, 5) is 27.1. The number of rotatable bonds is 12. The van der Waals surface area contributed by atoms with Crippen molar-refractivity contribution in [2.24, 2.45) is 11.8 Å². The molecule has 6 nitrogen and oxygen atoms in total. The maximum Gasteiger partial charge on any atom is 0.410 e. The minimum atomic E-state index is -0.423. The van der Waals surface area contributed by atoms with E-state index >= 15 is 0 Å². The van der Waals surface area contributed by atoms with Gasteiger partial charge < -0.3 is 19.7 Å². The molecular formula is C30H48N2O4. The molecule has 0 heterocycles. The fourth-order valence-electron chi connectivity index (χ4n) is 5.74. The molecule has 3 rings (SSSR count). The number of hydrogen-bond donors (Lipinski definition) is 1. The Hall–Kier alpha value is -2.24. The highest BCUT2D eigenvalue weighted by atomic mass is 16.6. The Morgan fingerprint density at radius 2 is 1.56 bits per heavy atom. The number of carbonyl (C=O) groups excluding carboxylic acids is 2. The minimum absolute atomic E-state index is 0.0719. The van der Waals surface area contributed by atoms with Gasteiger partial charge in [-0.2, -0.15) is 0 Å². The van der Waals surface area contributed by atoms with Gasteiger partial charge in [-0.25, -0.2) is 9.59 Å². The Morgan fingerprint density at radius 3 is 2.19 bits per heavy atom. The second kappa shape index (κ2) is 15.8. The molecule has 202 valence electrons. The summed E-state index contributed by atoms with van der Waals surface area (Å²) in [7, 11) is 0. The molecule has 1 aromatic carbocycles. The van der Waals surface area contributed by atoms with Crippen LogP contribution in [-0.2, 0) is 22.6 Å². The molecule has 6 heteroatoms. The highest BCUT2D eigenvalue weighted by molar-refractivity contribution is 5.68. The standard InChI is InChI=1S/C30H48N2O4/c1-3-35-29(33)31-22-27-16-10-11-17-28(27)23-32(21-20-26-14-8-5-9-15-26)30(34)36-24(2)18-19-25-12-6-4-7-13-25/h10-11,16-17,24-26H,3-9,12-15,18-23H2,1-2H3,(H,31,33). The van der Waals surface area contributed by atoms with E-state index in [1.165, 1.54) is 64.2 Å². The molecule has 0 spiro atoms. The maximum absolute atomic E-state index is 13.4. The van der Waals surface area contributed by atoms with Crippen LogP contribution in [0.25, 0.3) is 0 Å². The van der Waals surface area contributed by atoms with E-state index in [0.29, 0.717) is 32.2 Å². The van der Waals surface area contributed by atoms with Crippen LogP contribution in [0.2, 0.25) is 0 Å². The van der Waals surface area contributed by atoms with Crippen molar-refractivity contribution in [1.29, 1.82) is 0 Å². The van der Waals surface area contributed by atoms with Crippen LogP contribution in [0.1, 0.15) is 108 Å². The van der Waals surface area contributed by atoms with E-state index in [2.05, 4.69) is 5.32 Å². The third-order valence-electron chi connectivity index (χ3n) is 7.98. The molecule has 2 aliphatic rings. The van der Waals surface area contributed by atoms with E-state index in [1.54, 1.807) is 6.92 Å². The van der Waals surface area contributed by atoms with Crippen LogP contribution >= 0.6 is 0 Å². The molecule has 2 amide bonds. The lowest BCUT2D eigenvalue weighted by Gasteiger charge is -2.29. The van der Waals surface area contributed by atoms with Gasteiger partial charge in [0.2, 0.25) is 0 Å². The van der Waals surface area contributed by atoms with Crippen LogP contribution in [0, 0.1) is 11.8 Å². The Bertz CT molecular complexity index is 787. The van der Waals surface area contributed by atoms with E-state index in [-0.39, 0.29) is 12.2 Å². The third-order valence-corrected chi connectivity index (χ3v) is 7.98. The molecule has 1 aromatic rings. The lowest BCUT2D eigenvalue weighted by atomic mass is 9.85. The molecule has 2 saturated carbocycles. The van der Waals surface area contributed by atoms with Gasteiger partial charge in [-0.1, -0.05) is 88.5 Å². The Labute approximate surface area is 218 Å². The second-order valence-corrected chi connectivity index (χ2v) is 10.8. The first-order chi connectivity index (χ1) is 17.5. The quantitative estimate of drug-likeness (QED) is 0.321. The van der Waals surface area contributed by atoms with E-state index in [1.807, 2.05) is 36.1 Å². The Balaban J connectivity index is 1.60. The molecule has 0 bridgehead atoms. The van der Waals surface area contributed by atoms with Gasteiger partial charge in [-0.3, -0.25) is 0 Å². The molecule has 2 aliphatic carbocycles. The average Bonchev–Trinajstić information content (AvgIpc) is 2.90. The zero-order valence-electron chi connectivity index (χ0n) is 22.6. The van der Waals surface area contributed by atoms with Crippen LogP contribution in [0.5, 0.6) is 0 Å². The fourth-order valence-corrected chi connectivity index (χ4v) is 5.74. The Morgan fingerprint density at radius 1 is 0.944 bits per heavy atom. The van der Waals surface area contributed by atoms with Crippen molar-refractivity contribution < 1.29 is 19.1 Å². The summed E-state index contributed by atoms with van der Waals surface area (Å²) >= 11 is 0. The summed E-state index contributed by atoms with van der Waals surface area (Å²) in [6.45, 7) is 5.74. The number of benzene rings is 1. The van der Waals surface area contributed by atoms with E-state index in [9.17, 15) is 9.59 Å². The average molecular weight is 501 g/mol. The SMILES string of the molecule is CCOC(=O)NCc1ccccc1CN(CCC1CCCCC1)C(=O)OC(C)CCC1CCCCC1.